The summed E-state index contributed by atoms with van der Waals surface area (Å²) in [4.78, 5) is 4.19. The van der Waals surface area contributed by atoms with Gasteiger partial charge in [0.05, 0.1) is 25.3 Å². The zero-order valence-corrected chi connectivity index (χ0v) is 9.50. The van der Waals surface area contributed by atoms with Gasteiger partial charge in [-0.2, -0.15) is 0 Å². The summed E-state index contributed by atoms with van der Waals surface area (Å²) < 4.78 is 12.2. The fraction of sp³-hybridized carbons (Fsp3) is 0.300. The number of hydrogen-bond donors (Lipinski definition) is 0. The third-order valence-electron chi connectivity index (χ3n) is 2.33. The highest BCUT2D eigenvalue weighted by Crippen LogP contribution is 2.32. The Morgan fingerprint density at radius 3 is 2.40 bits per heavy atom. The van der Waals surface area contributed by atoms with Crippen molar-refractivity contribution in [3.8, 4) is 11.5 Å². The summed E-state index contributed by atoms with van der Waals surface area (Å²) in [6, 6.07) is 3.66. The fourth-order valence-electron chi connectivity index (χ4n) is 1.49. The first-order valence-corrected chi connectivity index (χ1v) is 4.79. The number of ether oxygens (including phenoxy) is 2. The van der Waals surface area contributed by atoms with E-state index in [4.69, 9.17) is 21.1 Å². The number of rotatable bonds is 2. The number of aromatic nitrogens is 2. The van der Waals surface area contributed by atoms with Gasteiger partial charge >= 0.3 is 0 Å². The predicted molar refractivity (Wildman–Crippen MR) is 58.8 cm³/mol. The molecule has 1 heterocycles. The highest BCUT2D eigenvalue weighted by atomic mass is 35.5. The number of imidazole rings is 1. The second-order valence-electron chi connectivity index (χ2n) is 3.14. The maximum Gasteiger partial charge on any atom is 0.203 e. The molecular formula is C10H11ClN2O2. The number of nitrogens with zero attached hydrogens (tertiary/aromatic N) is 2. The molecule has 0 atom stereocenters. The minimum Gasteiger partial charge on any atom is -0.493 e. The molecule has 2 aromatic rings. The Morgan fingerprint density at radius 1 is 1.20 bits per heavy atom. The first-order chi connectivity index (χ1) is 7.17. The summed E-state index contributed by atoms with van der Waals surface area (Å²) in [5.41, 5.74) is 1.71. The molecule has 80 valence electrons. The van der Waals surface area contributed by atoms with Crippen molar-refractivity contribution in [2.24, 2.45) is 7.05 Å². The topological polar surface area (TPSA) is 36.3 Å². The molecular weight excluding hydrogens is 216 g/mol. The molecule has 0 unspecified atom stereocenters. The lowest BCUT2D eigenvalue weighted by molar-refractivity contribution is 0.355. The Kier molecular flexibility index (Phi) is 2.44. The Balaban J connectivity index is 2.75. The molecule has 0 aliphatic heterocycles. The molecule has 4 nitrogen and oxygen atoms in total. The minimum atomic E-state index is 0.445. The predicted octanol–water partition coefficient (Wildman–Crippen LogP) is 2.24. The summed E-state index contributed by atoms with van der Waals surface area (Å²) in [6.45, 7) is 0. The molecule has 5 heteroatoms. The number of halogens is 1. The van der Waals surface area contributed by atoms with Crippen LogP contribution in [0.4, 0.5) is 0 Å². The van der Waals surface area contributed by atoms with Crippen molar-refractivity contribution in [3.63, 3.8) is 0 Å². The van der Waals surface area contributed by atoms with Crippen LogP contribution in [0.3, 0.4) is 0 Å². The van der Waals surface area contributed by atoms with Crippen LogP contribution in [0.5, 0.6) is 11.5 Å². The molecule has 0 aliphatic carbocycles. The number of hydrogen-bond acceptors (Lipinski definition) is 3. The number of fused-ring (bicyclic) bond motifs is 1. The second kappa shape index (κ2) is 3.62. The first kappa shape index (κ1) is 10.1. The molecule has 0 radical (unpaired) electrons. The van der Waals surface area contributed by atoms with E-state index in [0.29, 0.717) is 16.8 Å². The molecule has 1 aromatic heterocycles. The normalized spacial score (nSPS) is 10.7. The van der Waals surface area contributed by atoms with E-state index in [-0.39, 0.29) is 0 Å². The summed E-state index contributed by atoms with van der Waals surface area (Å²) in [6.07, 6.45) is 0. The molecule has 15 heavy (non-hydrogen) atoms. The van der Waals surface area contributed by atoms with Crippen LogP contribution in [-0.2, 0) is 7.05 Å². The van der Waals surface area contributed by atoms with Crippen LogP contribution in [0.1, 0.15) is 0 Å². The van der Waals surface area contributed by atoms with E-state index < -0.39 is 0 Å². The van der Waals surface area contributed by atoms with Gasteiger partial charge in [0, 0.05) is 19.2 Å². The Morgan fingerprint density at radius 2 is 1.80 bits per heavy atom. The van der Waals surface area contributed by atoms with Gasteiger partial charge in [-0.05, 0) is 11.6 Å². The van der Waals surface area contributed by atoms with Crippen molar-refractivity contribution in [2.45, 2.75) is 0 Å². The van der Waals surface area contributed by atoms with Crippen molar-refractivity contribution in [1.29, 1.82) is 0 Å². The monoisotopic (exact) mass is 226 g/mol. The van der Waals surface area contributed by atoms with E-state index in [1.165, 1.54) is 0 Å². The Labute approximate surface area is 92.4 Å². The molecule has 0 amide bonds. The van der Waals surface area contributed by atoms with Crippen molar-refractivity contribution in [1.82, 2.24) is 9.55 Å². The highest BCUT2D eigenvalue weighted by molar-refractivity contribution is 6.29. The van der Waals surface area contributed by atoms with Gasteiger partial charge in [-0.3, -0.25) is 0 Å². The summed E-state index contributed by atoms with van der Waals surface area (Å²) in [5, 5.41) is 0.445. The Hall–Kier alpha value is -1.42. The van der Waals surface area contributed by atoms with Gasteiger partial charge in [-0.1, -0.05) is 0 Å². The van der Waals surface area contributed by atoms with Crippen LogP contribution >= 0.6 is 11.6 Å². The summed E-state index contributed by atoms with van der Waals surface area (Å²) in [7, 11) is 5.04. The van der Waals surface area contributed by atoms with E-state index >= 15 is 0 Å². The third-order valence-corrected chi connectivity index (χ3v) is 2.67. The Bertz CT molecular complexity index is 508. The molecule has 0 bridgehead atoms. The molecule has 0 fully saturated rings. The standard InChI is InChI=1S/C10H11ClN2O2/c1-13-7-5-9(15-3)8(14-2)4-6(7)12-10(13)11/h4-5H,1-3H3. The van der Waals surface area contributed by atoms with Crippen LogP contribution in [0.15, 0.2) is 12.1 Å². The number of benzene rings is 1. The van der Waals surface area contributed by atoms with E-state index in [2.05, 4.69) is 4.98 Å². The van der Waals surface area contributed by atoms with Crippen LogP contribution < -0.4 is 9.47 Å². The van der Waals surface area contributed by atoms with Gasteiger partial charge in [0.2, 0.25) is 5.28 Å². The van der Waals surface area contributed by atoms with Crippen LogP contribution in [-0.4, -0.2) is 23.8 Å². The molecule has 0 N–H and O–H groups in total. The van der Waals surface area contributed by atoms with Crippen molar-refractivity contribution in [2.75, 3.05) is 14.2 Å². The van der Waals surface area contributed by atoms with Crippen LogP contribution in [0.25, 0.3) is 11.0 Å². The maximum absolute atomic E-state index is 5.91. The SMILES string of the molecule is COc1cc2nc(Cl)n(C)c2cc1OC. The van der Waals surface area contributed by atoms with Gasteiger partial charge < -0.3 is 14.0 Å². The molecule has 0 aliphatic rings. The first-order valence-electron chi connectivity index (χ1n) is 4.41. The van der Waals surface area contributed by atoms with Crippen molar-refractivity contribution >= 4 is 22.6 Å². The molecule has 0 saturated carbocycles. The zero-order chi connectivity index (χ0) is 11.0. The summed E-state index contributed by atoms with van der Waals surface area (Å²) in [5.74, 6) is 1.32. The lowest BCUT2D eigenvalue weighted by Crippen LogP contribution is -1.92. The maximum atomic E-state index is 5.91. The highest BCUT2D eigenvalue weighted by Gasteiger charge is 2.11. The minimum absolute atomic E-state index is 0.445. The van der Waals surface area contributed by atoms with Gasteiger partial charge in [-0.25, -0.2) is 4.98 Å². The lowest BCUT2D eigenvalue weighted by Gasteiger charge is -2.07. The fourth-order valence-corrected chi connectivity index (χ4v) is 1.67. The smallest absolute Gasteiger partial charge is 0.203 e. The second-order valence-corrected chi connectivity index (χ2v) is 3.47. The average molecular weight is 227 g/mol. The van der Waals surface area contributed by atoms with E-state index in [1.807, 2.05) is 13.1 Å². The molecule has 2 rings (SSSR count). The zero-order valence-electron chi connectivity index (χ0n) is 8.74. The van der Waals surface area contributed by atoms with Crippen molar-refractivity contribution < 1.29 is 9.47 Å². The largest absolute Gasteiger partial charge is 0.493 e. The van der Waals surface area contributed by atoms with Gasteiger partial charge in [0.15, 0.2) is 11.5 Å². The number of methoxy groups -OCH3 is 2. The summed E-state index contributed by atoms with van der Waals surface area (Å²) >= 11 is 5.91. The third kappa shape index (κ3) is 1.51. The lowest BCUT2D eigenvalue weighted by atomic mass is 10.2. The van der Waals surface area contributed by atoms with E-state index in [0.717, 1.165) is 11.0 Å². The molecule has 0 saturated heterocycles. The molecule has 0 spiro atoms. The van der Waals surface area contributed by atoms with E-state index in [1.54, 1.807) is 24.9 Å². The van der Waals surface area contributed by atoms with E-state index in [9.17, 15) is 0 Å². The van der Waals surface area contributed by atoms with Crippen LogP contribution in [0.2, 0.25) is 5.28 Å². The number of aryl methyl sites for hydroxylation is 1. The van der Waals surface area contributed by atoms with Gasteiger partial charge in [0.25, 0.3) is 0 Å². The quantitative estimate of drug-likeness (QED) is 0.788. The van der Waals surface area contributed by atoms with Gasteiger partial charge in [-0.15, -0.1) is 0 Å². The van der Waals surface area contributed by atoms with Gasteiger partial charge in [0.1, 0.15) is 0 Å². The average Bonchev–Trinajstić information content (AvgIpc) is 2.53. The van der Waals surface area contributed by atoms with Crippen molar-refractivity contribution in [3.05, 3.63) is 17.4 Å². The molecule has 1 aromatic carbocycles. The van der Waals surface area contributed by atoms with Crippen LogP contribution in [0, 0.1) is 0 Å².